The number of carbonyl (C=O) groups excluding carboxylic acids is 4. The molecule has 2 aliphatic heterocycles. The molecule has 11 heteroatoms. The summed E-state index contributed by atoms with van der Waals surface area (Å²) < 4.78 is 1.75. The van der Waals surface area contributed by atoms with Gasteiger partial charge in [0.05, 0.1) is 17.9 Å². The second-order valence-electron chi connectivity index (χ2n) is 11.1. The van der Waals surface area contributed by atoms with Crippen LogP contribution < -0.4 is 10.6 Å². The summed E-state index contributed by atoms with van der Waals surface area (Å²) in [7, 11) is 2.40. The minimum absolute atomic E-state index is 0.156. The second kappa shape index (κ2) is 10.5. The highest BCUT2D eigenvalue weighted by atomic mass is 28.1. The van der Waals surface area contributed by atoms with Crippen molar-refractivity contribution in [3.63, 3.8) is 0 Å². The van der Waals surface area contributed by atoms with Crippen molar-refractivity contribution >= 4 is 33.9 Å². The Morgan fingerprint density at radius 1 is 1.15 bits per heavy atom. The monoisotopic (exact) mass is 556 g/mol. The van der Waals surface area contributed by atoms with Crippen LogP contribution in [0.25, 0.3) is 11.1 Å². The molecular formula is C29H32N6O4Si. The fourth-order valence-electron chi connectivity index (χ4n) is 6.07. The number of aryl methyl sites for hydroxylation is 1. The SMILES string of the molecule is Cn1cc(-c2cccnc2[C@@H](NC(=O)c2ccc3c(c2)CN([C@H]2CCC(=O)NC(=O)C2[SiH3])C3=O)C2CCC2)cn1. The Kier molecular flexibility index (Phi) is 6.83. The first-order valence-corrected chi connectivity index (χ1v) is 15.0. The maximum Gasteiger partial charge on any atom is 0.254 e. The molecule has 1 unspecified atom stereocenters. The van der Waals surface area contributed by atoms with Crippen LogP contribution in [0, 0.1) is 5.92 Å². The first-order chi connectivity index (χ1) is 19.3. The number of imide groups is 1. The summed E-state index contributed by atoms with van der Waals surface area (Å²) in [5.41, 5.74) is 4.14. The third kappa shape index (κ3) is 4.74. The average molecular weight is 557 g/mol. The molecular weight excluding hydrogens is 524 g/mol. The molecule has 6 rings (SSSR count). The largest absolute Gasteiger partial charge is 0.343 e. The Hall–Kier alpha value is -4.12. The number of pyridine rings is 1. The number of aromatic nitrogens is 3. The van der Waals surface area contributed by atoms with Crippen LogP contribution in [0.5, 0.6) is 0 Å². The van der Waals surface area contributed by atoms with E-state index >= 15 is 0 Å². The van der Waals surface area contributed by atoms with Gasteiger partial charge < -0.3 is 10.2 Å². The molecule has 1 aromatic carbocycles. The van der Waals surface area contributed by atoms with E-state index in [1.807, 2.05) is 25.4 Å². The molecule has 3 aliphatic rings. The normalized spacial score (nSPS) is 21.9. The van der Waals surface area contributed by atoms with Crippen LogP contribution in [0.15, 0.2) is 48.9 Å². The lowest BCUT2D eigenvalue weighted by atomic mass is 9.77. The zero-order valence-electron chi connectivity index (χ0n) is 22.6. The van der Waals surface area contributed by atoms with E-state index in [1.54, 1.807) is 40.2 Å². The van der Waals surface area contributed by atoms with Gasteiger partial charge in [0.15, 0.2) is 0 Å². The number of benzene rings is 1. The molecule has 0 spiro atoms. The van der Waals surface area contributed by atoms with Gasteiger partial charge in [-0.25, -0.2) is 0 Å². The zero-order chi connectivity index (χ0) is 28.0. The van der Waals surface area contributed by atoms with Gasteiger partial charge in [-0.2, -0.15) is 5.10 Å². The summed E-state index contributed by atoms with van der Waals surface area (Å²) in [6.45, 7) is 0.317. The van der Waals surface area contributed by atoms with E-state index < -0.39 is 0 Å². The molecule has 2 aromatic heterocycles. The molecule has 40 heavy (non-hydrogen) atoms. The molecule has 0 radical (unpaired) electrons. The Bertz CT molecular complexity index is 1520. The number of rotatable bonds is 6. The van der Waals surface area contributed by atoms with Crippen molar-refractivity contribution in [1.82, 2.24) is 30.3 Å². The maximum absolute atomic E-state index is 13.6. The van der Waals surface area contributed by atoms with E-state index in [4.69, 9.17) is 4.98 Å². The summed E-state index contributed by atoms with van der Waals surface area (Å²) >= 11 is 0. The van der Waals surface area contributed by atoms with Crippen molar-refractivity contribution in [2.45, 2.75) is 56.3 Å². The van der Waals surface area contributed by atoms with Crippen LogP contribution in [-0.4, -0.2) is 59.6 Å². The van der Waals surface area contributed by atoms with Crippen LogP contribution in [0.3, 0.4) is 0 Å². The minimum Gasteiger partial charge on any atom is -0.343 e. The van der Waals surface area contributed by atoms with Crippen LogP contribution >= 0.6 is 0 Å². The van der Waals surface area contributed by atoms with Gasteiger partial charge in [-0.1, -0.05) is 12.5 Å². The highest BCUT2D eigenvalue weighted by Crippen LogP contribution is 2.40. The lowest BCUT2D eigenvalue weighted by Gasteiger charge is -2.34. The number of nitrogens with one attached hydrogen (secondary N) is 2. The molecule has 3 aromatic rings. The predicted octanol–water partition coefficient (Wildman–Crippen LogP) is 1.67. The fourth-order valence-corrected chi connectivity index (χ4v) is 6.91. The summed E-state index contributed by atoms with van der Waals surface area (Å²) in [5, 5.41) is 10.00. The fraction of sp³-hybridized carbons (Fsp3) is 0.379. The van der Waals surface area contributed by atoms with Gasteiger partial charge in [-0.3, -0.25) is 34.2 Å². The lowest BCUT2D eigenvalue weighted by molar-refractivity contribution is -0.129. The van der Waals surface area contributed by atoms with Crippen LogP contribution in [-0.2, 0) is 23.2 Å². The molecule has 206 valence electrons. The van der Waals surface area contributed by atoms with Crippen molar-refractivity contribution in [3.8, 4) is 11.1 Å². The quantitative estimate of drug-likeness (QED) is 0.351. The second-order valence-corrected chi connectivity index (χ2v) is 12.3. The van der Waals surface area contributed by atoms with Gasteiger partial charge >= 0.3 is 0 Å². The number of fused-ring (bicyclic) bond motifs is 1. The first kappa shape index (κ1) is 26.1. The molecule has 3 atom stereocenters. The van der Waals surface area contributed by atoms with E-state index in [9.17, 15) is 19.2 Å². The summed E-state index contributed by atoms with van der Waals surface area (Å²) in [5.74, 6) is -0.678. The molecule has 4 heterocycles. The summed E-state index contributed by atoms with van der Waals surface area (Å²) in [6, 6.07) is 8.51. The van der Waals surface area contributed by atoms with Gasteiger partial charge in [0.1, 0.15) is 0 Å². The topological polar surface area (TPSA) is 126 Å². The maximum atomic E-state index is 13.6. The summed E-state index contributed by atoms with van der Waals surface area (Å²) in [6.07, 6.45) is 9.32. The van der Waals surface area contributed by atoms with E-state index in [2.05, 4.69) is 15.7 Å². The van der Waals surface area contributed by atoms with E-state index in [1.165, 1.54) is 0 Å². The van der Waals surface area contributed by atoms with Gasteiger partial charge in [0.2, 0.25) is 11.8 Å². The van der Waals surface area contributed by atoms with Crippen molar-refractivity contribution in [3.05, 3.63) is 71.3 Å². The standard InChI is InChI=1S/C29H32N6O4Si/c1-34-14-19(13-31-34)20-6-3-11-30-25(20)24(16-4-2-5-16)33-27(37)17-7-8-21-18(12-17)15-35(29(21)39)22-9-10-23(36)32-28(38)26(22)40/h3,6-8,11-14,16,22,24,26H,2,4-5,9-10,15H2,1,40H3,(H,33,37)(H,32,36,38)/t22-,24-,26?/m0/s1. The van der Waals surface area contributed by atoms with Crippen molar-refractivity contribution in [1.29, 1.82) is 0 Å². The predicted molar refractivity (Wildman–Crippen MR) is 150 cm³/mol. The smallest absolute Gasteiger partial charge is 0.254 e. The van der Waals surface area contributed by atoms with Gasteiger partial charge in [0, 0.05) is 76.5 Å². The average Bonchev–Trinajstić information content (AvgIpc) is 3.46. The first-order valence-electron chi connectivity index (χ1n) is 13.8. The van der Waals surface area contributed by atoms with E-state index in [0.717, 1.165) is 41.6 Å². The molecule has 1 saturated heterocycles. The van der Waals surface area contributed by atoms with Crippen molar-refractivity contribution in [2.75, 3.05) is 0 Å². The molecule has 4 amide bonds. The minimum atomic E-state index is -0.372. The van der Waals surface area contributed by atoms with Crippen LogP contribution in [0.4, 0.5) is 0 Å². The van der Waals surface area contributed by atoms with Crippen LogP contribution in [0.1, 0.15) is 70.1 Å². The van der Waals surface area contributed by atoms with Gasteiger partial charge in [-0.05, 0) is 55.0 Å². The Labute approximate surface area is 235 Å². The van der Waals surface area contributed by atoms with Crippen molar-refractivity contribution < 1.29 is 19.2 Å². The Morgan fingerprint density at radius 3 is 2.70 bits per heavy atom. The van der Waals surface area contributed by atoms with Crippen molar-refractivity contribution in [2.24, 2.45) is 13.0 Å². The molecule has 1 aliphatic carbocycles. The third-order valence-corrected chi connectivity index (χ3v) is 9.87. The molecule has 0 bridgehead atoms. The van der Waals surface area contributed by atoms with Gasteiger partial charge in [-0.15, -0.1) is 0 Å². The Morgan fingerprint density at radius 2 is 1.98 bits per heavy atom. The molecule has 2 fully saturated rings. The number of hydrogen-bond acceptors (Lipinski definition) is 6. The van der Waals surface area contributed by atoms with Crippen LogP contribution in [0.2, 0.25) is 5.54 Å². The molecule has 10 nitrogen and oxygen atoms in total. The van der Waals surface area contributed by atoms with Gasteiger partial charge in [0.25, 0.3) is 11.8 Å². The van der Waals surface area contributed by atoms with E-state index in [0.29, 0.717) is 34.3 Å². The number of hydrogen-bond donors (Lipinski definition) is 2. The number of carbonyl (C=O) groups is 4. The Balaban J connectivity index is 1.24. The molecule has 1 saturated carbocycles. The highest BCUT2D eigenvalue weighted by Gasteiger charge is 2.40. The van der Waals surface area contributed by atoms with E-state index in [-0.39, 0.29) is 53.6 Å². The zero-order valence-corrected chi connectivity index (χ0v) is 24.6. The highest BCUT2D eigenvalue weighted by molar-refractivity contribution is 6.26. The number of amides is 4. The third-order valence-electron chi connectivity index (χ3n) is 8.58. The molecule has 2 N–H and O–H groups in total. The lowest BCUT2D eigenvalue weighted by Crippen LogP contribution is -2.42. The summed E-state index contributed by atoms with van der Waals surface area (Å²) in [4.78, 5) is 57.7. The number of nitrogens with zero attached hydrogens (tertiary/aromatic N) is 4.